The Morgan fingerprint density at radius 2 is 1.97 bits per heavy atom. The Labute approximate surface area is 167 Å². The Morgan fingerprint density at radius 3 is 2.76 bits per heavy atom. The second kappa shape index (κ2) is 7.09. The van der Waals surface area contributed by atoms with Gasteiger partial charge >= 0.3 is 6.01 Å². The normalized spacial score (nSPS) is 18.9. The molecule has 0 bridgehead atoms. The number of guanidine groups is 1. The van der Waals surface area contributed by atoms with E-state index in [-0.39, 0.29) is 11.8 Å². The van der Waals surface area contributed by atoms with E-state index in [0.717, 1.165) is 40.9 Å². The van der Waals surface area contributed by atoms with E-state index in [1.54, 1.807) is 7.11 Å². The summed E-state index contributed by atoms with van der Waals surface area (Å²) in [5, 5.41) is 6.41. The maximum absolute atomic E-state index is 12.7. The summed E-state index contributed by atoms with van der Waals surface area (Å²) in [7, 11) is 1.63. The molecule has 1 aliphatic carbocycles. The van der Waals surface area contributed by atoms with Crippen LogP contribution in [-0.2, 0) is 4.79 Å². The van der Waals surface area contributed by atoms with E-state index in [9.17, 15) is 4.79 Å². The quantitative estimate of drug-likeness (QED) is 0.706. The minimum Gasteiger partial charge on any atom is -0.497 e. The molecule has 0 amide bonds. The summed E-state index contributed by atoms with van der Waals surface area (Å²) in [6, 6.07) is 15.2. The minimum atomic E-state index is -0.378. The summed E-state index contributed by atoms with van der Waals surface area (Å²) in [5.41, 5.74) is 4.06. The molecule has 1 atom stereocenters. The molecule has 1 aliphatic heterocycles. The number of oxazole rings is 1. The molecule has 0 saturated carbocycles. The van der Waals surface area contributed by atoms with Crippen molar-refractivity contribution in [2.45, 2.75) is 25.3 Å². The molecule has 7 nitrogen and oxygen atoms in total. The number of para-hydroxylation sites is 2. The highest BCUT2D eigenvalue weighted by Gasteiger charge is 2.33. The molecule has 1 unspecified atom stereocenters. The zero-order valence-electron chi connectivity index (χ0n) is 15.9. The number of carbonyl (C=O) groups excluding carboxylic acids is 1. The van der Waals surface area contributed by atoms with Crippen LogP contribution >= 0.6 is 0 Å². The van der Waals surface area contributed by atoms with Crippen LogP contribution in [0.1, 0.15) is 30.9 Å². The Bertz CT molecular complexity index is 1110. The predicted molar refractivity (Wildman–Crippen MR) is 110 cm³/mol. The van der Waals surface area contributed by atoms with Gasteiger partial charge in [-0.2, -0.15) is 4.98 Å². The van der Waals surface area contributed by atoms with Crippen molar-refractivity contribution < 1.29 is 13.9 Å². The molecule has 2 N–H and O–H groups in total. The molecule has 146 valence electrons. The molecule has 7 heteroatoms. The third-order valence-corrected chi connectivity index (χ3v) is 5.21. The van der Waals surface area contributed by atoms with Crippen LogP contribution in [0, 0.1) is 0 Å². The van der Waals surface area contributed by atoms with Crippen LogP contribution in [-0.4, -0.2) is 23.8 Å². The summed E-state index contributed by atoms with van der Waals surface area (Å²) in [5.74, 6) is 1.43. The lowest BCUT2D eigenvalue weighted by Crippen LogP contribution is -2.38. The number of aliphatic imine (C=N–C) groups is 1. The molecule has 2 aliphatic rings. The van der Waals surface area contributed by atoms with Crippen molar-refractivity contribution in [2.24, 2.45) is 4.99 Å². The third kappa shape index (κ3) is 3.24. The topological polar surface area (TPSA) is 88.8 Å². The number of ether oxygens (including phenoxy) is 1. The van der Waals surface area contributed by atoms with Crippen molar-refractivity contribution in [1.82, 2.24) is 10.3 Å². The SMILES string of the molecule is COc1ccc(C2N=C(Nc3nc4ccccc4o3)NC3=C2C(=O)CCC3)cc1. The number of allylic oxidation sites excluding steroid dienone is 1. The lowest BCUT2D eigenvalue weighted by Gasteiger charge is -2.30. The van der Waals surface area contributed by atoms with E-state index in [2.05, 4.69) is 15.6 Å². The maximum atomic E-state index is 12.7. The summed E-state index contributed by atoms with van der Waals surface area (Å²) < 4.78 is 11.0. The first-order chi connectivity index (χ1) is 14.2. The fraction of sp³-hybridized carbons (Fsp3) is 0.227. The van der Waals surface area contributed by atoms with Gasteiger partial charge in [-0.05, 0) is 42.7 Å². The van der Waals surface area contributed by atoms with Gasteiger partial charge in [-0.25, -0.2) is 4.99 Å². The molecule has 2 heterocycles. The van der Waals surface area contributed by atoms with Gasteiger partial charge in [-0.15, -0.1) is 0 Å². The van der Waals surface area contributed by atoms with Gasteiger partial charge in [0.15, 0.2) is 11.4 Å². The second-order valence-electron chi connectivity index (χ2n) is 7.06. The van der Waals surface area contributed by atoms with E-state index >= 15 is 0 Å². The zero-order chi connectivity index (χ0) is 19.8. The second-order valence-corrected chi connectivity index (χ2v) is 7.06. The van der Waals surface area contributed by atoms with Gasteiger partial charge in [-0.1, -0.05) is 24.3 Å². The number of Topliss-reactive ketones (excluding diaryl/α,β-unsaturated/α-hetero) is 1. The van der Waals surface area contributed by atoms with E-state index in [1.165, 1.54) is 0 Å². The lowest BCUT2D eigenvalue weighted by atomic mass is 9.86. The molecular weight excluding hydrogens is 368 g/mol. The average molecular weight is 388 g/mol. The number of rotatable bonds is 3. The van der Waals surface area contributed by atoms with Crippen molar-refractivity contribution in [3.05, 3.63) is 65.4 Å². The van der Waals surface area contributed by atoms with E-state index in [0.29, 0.717) is 24.0 Å². The number of aromatic nitrogens is 1. The van der Waals surface area contributed by atoms with Gasteiger partial charge in [0.05, 0.1) is 7.11 Å². The first-order valence-electron chi connectivity index (χ1n) is 9.59. The summed E-state index contributed by atoms with van der Waals surface area (Å²) >= 11 is 0. The van der Waals surface area contributed by atoms with Crippen LogP contribution in [0.2, 0.25) is 0 Å². The summed E-state index contributed by atoms with van der Waals surface area (Å²) in [4.78, 5) is 21.9. The highest BCUT2D eigenvalue weighted by atomic mass is 16.5. The third-order valence-electron chi connectivity index (χ3n) is 5.21. The number of fused-ring (bicyclic) bond motifs is 1. The molecule has 3 aromatic rings. The van der Waals surface area contributed by atoms with Crippen LogP contribution in [0.15, 0.2) is 69.2 Å². The molecule has 0 radical (unpaired) electrons. The number of carbonyl (C=O) groups is 1. The van der Waals surface area contributed by atoms with E-state index in [1.807, 2.05) is 48.5 Å². The number of benzene rings is 2. The Morgan fingerprint density at radius 1 is 1.14 bits per heavy atom. The Balaban J connectivity index is 1.51. The van der Waals surface area contributed by atoms with Crippen LogP contribution in [0.25, 0.3) is 11.1 Å². The van der Waals surface area contributed by atoms with Gasteiger partial charge in [0.25, 0.3) is 0 Å². The Hall–Kier alpha value is -3.61. The fourth-order valence-corrected chi connectivity index (χ4v) is 3.80. The number of nitrogens with zero attached hydrogens (tertiary/aromatic N) is 2. The number of hydrogen-bond acceptors (Lipinski definition) is 7. The molecular formula is C22H20N4O3. The summed E-state index contributed by atoms with van der Waals surface area (Å²) in [6.07, 6.45) is 2.19. The van der Waals surface area contributed by atoms with Crippen LogP contribution < -0.4 is 15.4 Å². The number of nitrogens with one attached hydrogen (secondary N) is 2. The van der Waals surface area contributed by atoms with Gasteiger partial charge < -0.3 is 14.5 Å². The van der Waals surface area contributed by atoms with Gasteiger partial charge in [0, 0.05) is 17.7 Å². The van der Waals surface area contributed by atoms with Crippen molar-refractivity contribution in [1.29, 1.82) is 0 Å². The predicted octanol–water partition coefficient (Wildman–Crippen LogP) is 3.96. The number of methoxy groups -OCH3 is 1. The smallest absolute Gasteiger partial charge is 0.302 e. The highest BCUT2D eigenvalue weighted by Crippen LogP contribution is 2.36. The molecule has 0 spiro atoms. The van der Waals surface area contributed by atoms with Crippen LogP contribution in [0.4, 0.5) is 6.01 Å². The summed E-state index contributed by atoms with van der Waals surface area (Å²) in [6.45, 7) is 0. The first kappa shape index (κ1) is 17.5. The van der Waals surface area contributed by atoms with Gasteiger partial charge in [-0.3, -0.25) is 10.1 Å². The number of ketones is 1. The molecule has 29 heavy (non-hydrogen) atoms. The van der Waals surface area contributed by atoms with Gasteiger partial charge in [0.2, 0.25) is 5.96 Å². The maximum Gasteiger partial charge on any atom is 0.302 e. The van der Waals surface area contributed by atoms with Crippen molar-refractivity contribution >= 4 is 28.9 Å². The van der Waals surface area contributed by atoms with Crippen molar-refractivity contribution in [3.63, 3.8) is 0 Å². The monoisotopic (exact) mass is 388 g/mol. The molecule has 1 aromatic heterocycles. The molecule has 5 rings (SSSR count). The van der Waals surface area contributed by atoms with E-state index < -0.39 is 0 Å². The molecule has 0 saturated heterocycles. The standard InChI is InChI=1S/C22H20N4O3/c1-28-14-11-9-13(10-12-14)20-19-16(6-4-7-17(19)27)23-21(25-20)26-22-24-15-5-2-3-8-18(15)29-22/h2-3,5,8-12,20H,4,6-7H2,1H3,(H2,23,24,25,26). The van der Waals surface area contributed by atoms with Crippen LogP contribution in [0.5, 0.6) is 5.75 Å². The fourth-order valence-electron chi connectivity index (χ4n) is 3.80. The molecule has 2 aromatic carbocycles. The lowest BCUT2D eigenvalue weighted by molar-refractivity contribution is -0.116. The zero-order valence-corrected chi connectivity index (χ0v) is 15.9. The number of hydrogen-bond donors (Lipinski definition) is 2. The highest BCUT2D eigenvalue weighted by molar-refractivity contribution is 6.03. The van der Waals surface area contributed by atoms with Gasteiger partial charge in [0.1, 0.15) is 17.3 Å². The average Bonchev–Trinajstić information content (AvgIpc) is 3.15. The van der Waals surface area contributed by atoms with Crippen molar-refractivity contribution in [3.8, 4) is 5.75 Å². The van der Waals surface area contributed by atoms with Crippen molar-refractivity contribution in [2.75, 3.05) is 12.4 Å². The minimum absolute atomic E-state index is 0.143. The van der Waals surface area contributed by atoms with E-state index in [4.69, 9.17) is 14.1 Å². The Kier molecular flexibility index (Phi) is 4.27. The molecule has 0 fully saturated rings. The van der Waals surface area contributed by atoms with Crippen LogP contribution in [0.3, 0.4) is 0 Å². The number of anilines is 1. The first-order valence-corrected chi connectivity index (χ1v) is 9.59. The largest absolute Gasteiger partial charge is 0.497 e.